The molecule has 5 heteroatoms. The van der Waals surface area contributed by atoms with Crippen molar-refractivity contribution in [3.05, 3.63) is 15.6 Å². The fourth-order valence-corrected chi connectivity index (χ4v) is 4.42. The van der Waals surface area contributed by atoms with Crippen molar-refractivity contribution in [2.45, 2.75) is 57.6 Å². The van der Waals surface area contributed by atoms with Crippen LogP contribution >= 0.6 is 11.3 Å². The van der Waals surface area contributed by atoms with E-state index in [0.29, 0.717) is 6.10 Å². The molecule has 2 rings (SSSR count). The van der Waals surface area contributed by atoms with Crippen LogP contribution in [0.5, 0.6) is 0 Å². The van der Waals surface area contributed by atoms with E-state index in [1.165, 1.54) is 22.0 Å². The lowest BCUT2D eigenvalue weighted by atomic mass is 9.80. The normalized spacial score (nSPS) is 26.2. The third-order valence-electron chi connectivity index (χ3n) is 4.45. The van der Waals surface area contributed by atoms with E-state index in [4.69, 9.17) is 14.5 Å². The largest absolute Gasteiger partial charge is 0.383 e. The Kier molecular flexibility index (Phi) is 6.17. The van der Waals surface area contributed by atoms with Crippen LogP contribution in [0.25, 0.3) is 0 Å². The predicted molar refractivity (Wildman–Crippen MR) is 87.1 cm³/mol. The molecule has 0 spiro atoms. The van der Waals surface area contributed by atoms with Crippen molar-refractivity contribution >= 4 is 11.3 Å². The molecule has 0 radical (unpaired) electrons. The maximum atomic E-state index is 5.64. The second-order valence-corrected chi connectivity index (χ2v) is 7.03. The van der Waals surface area contributed by atoms with Crippen LogP contribution < -0.4 is 5.32 Å². The molecular weight excluding hydrogens is 284 g/mol. The molecule has 1 aliphatic rings. The highest BCUT2D eigenvalue weighted by Crippen LogP contribution is 2.40. The minimum absolute atomic E-state index is 0.0414. The van der Waals surface area contributed by atoms with Crippen LogP contribution in [0.1, 0.15) is 48.2 Å². The monoisotopic (exact) mass is 312 g/mol. The van der Waals surface area contributed by atoms with Gasteiger partial charge in [0.2, 0.25) is 0 Å². The Hall–Kier alpha value is -0.490. The standard InChI is InChI=1S/C16H28N2O2S/c1-5-14-12(2)21-15(18-14)16(17-9-10-19-3)8-6-7-13(11-16)20-4/h13,17H,5-11H2,1-4H3. The fourth-order valence-electron chi connectivity index (χ4n) is 3.21. The summed E-state index contributed by atoms with van der Waals surface area (Å²) < 4.78 is 10.8. The van der Waals surface area contributed by atoms with Gasteiger partial charge in [0.05, 0.1) is 23.9 Å². The molecule has 1 aliphatic carbocycles. The van der Waals surface area contributed by atoms with Crippen LogP contribution in [-0.4, -0.2) is 38.5 Å². The quantitative estimate of drug-likeness (QED) is 0.786. The molecule has 1 heterocycles. The summed E-state index contributed by atoms with van der Waals surface area (Å²) in [6.45, 7) is 5.94. The first-order chi connectivity index (χ1) is 10.1. The number of thiazole rings is 1. The summed E-state index contributed by atoms with van der Waals surface area (Å²) in [5.41, 5.74) is 1.20. The molecule has 120 valence electrons. The lowest BCUT2D eigenvalue weighted by Crippen LogP contribution is -2.48. The van der Waals surface area contributed by atoms with Gasteiger partial charge in [-0.2, -0.15) is 0 Å². The van der Waals surface area contributed by atoms with Crippen molar-refractivity contribution in [2.75, 3.05) is 27.4 Å². The summed E-state index contributed by atoms with van der Waals surface area (Å²) in [5.74, 6) is 0. The van der Waals surface area contributed by atoms with Crippen LogP contribution in [0.2, 0.25) is 0 Å². The number of ether oxygens (including phenoxy) is 2. The van der Waals surface area contributed by atoms with Crippen molar-refractivity contribution in [2.24, 2.45) is 0 Å². The SMILES string of the molecule is CCc1nc(C2(NCCOC)CCCC(OC)C2)sc1C. The van der Waals surface area contributed by atoms with E-state index in [-0.39, 0.29) is 5.54 Å². The van der Waals surface area contributed by atoms with Crippen LogP contribution in [0.15, 0.2) is 0 Å². The van der Waals surface area contributed by atoms with E-state index in [9.17, 15) is 0 Å². The Morgan fingerprint density at radius 2 is 2.24 bits per heavy atom. The number of methoxy groups -OCH3 is 2. The zero-order valence-corrected chi connectivity index (χ0v) is 14.5. The topological polar surface area (TPSA) is 43.4 Å². The number of aryl methyl sites for hydroxylation is 2. The van der Waals surface area contributed by atoms with Crippen LogP contribution in [0, 0.1) is 6.92 Å². The zero-order valence-electron chi connectivity index (χ0n) is 13.7. The third-order valence-corrected chi connectivity index (χ3v) is 5.66. The maximum Gasteiger partial charge on any atom is 0.113 e. The lowest BCUT2D eigenvalue weighted by Gasteiger charge is -2.40. The van der Waals surface area contributed by atoms with Gasteiger partial charge in [-0.05, 0) is 39.0 Å². The second-order valence-electron chi connectivity index (χ2n) is 5.83. The predicted octanol–water partition coefficient (Wildman–Crippen LogP) is 3.03. The van der Waals surface area contributed by atoms with Gasteiger partial charge in [0.15, 0.2) is 0 Å². The summed E-state index contributed by atoms with van der Waals surface area (Å²) >= 11 is 1.84. The summed E-state index contributed by atoms with van der Waals surface area (Å²) in [7, 11) is 3.57. The first-order valence-electron chi connectivity index (χ1n) is 7.88. The van der Waals surface area contributed by atoms with Gasteiger partial charge in [0.1, 0.15) is 5.01 Å². The van der Waals surface area contributed by atoms with Crippen molar-refractivity contribution in [1.29, 1.82) is 0 Å². The first-order valence-corrected chi connectivity index (χ1v) is 8.70. The van der Waals surface area contributed by atoms with Gasteiger partial charge in [0, 0.05) is 25.6 Å². The van der Waals surface area contributed by atoms with E-state index < -0.39 is 0 Å². The summed E-state index contributed by atoms with van der Waals surface area (Å²) in [6, 6.07) is 0. The molecule has 0 aromatic carbocycles. The number of nitrogens with zero attached hydrogens (tertiary/aromatic N) is 1. The lowest BCUT2D eigenvalue weighted by molar-refractivity contribution is 0.0268. The number of aromatic nitrogens is 1. The molecule has 0 bridgehead atoms. The van der Waals surface area contributed by atoms with Crippen LogP contribution in [0.3, 0.4) is 0 Å². The molecule has 2 atom stereocenters. The van der Waals surface area contributed by atoms with Gasteiger partial charge in [-0.15, -0.1) is 11.3 Å². The zero-order chi connectivity index (χ0) is 15.3. The highest BCUT2D eigenvalue weighted by molar-refractivity contribution is 7.11. The Bertz CT molecular complexity index is 449. The van der Waals surface area contributed by atoms with Crippen molar-refractivity contribution < 1.29 is 9.47 Å². The van der Waals surface area contributed by atoms with Gasteiger partial charge in [0.25, 0.3) is 0 Å². The van der Waals surface area contributed by atoms with E-state index >= 15 is 0 Å². The smallest absolute Gasteiger partial charge is 0.113 e. The molecule has 1 N–H and O–H groups in total. The van der Waals surface area contributed by atoms with E-state index in [2.05, 4.69) is 19.2 Å². The molecule has 1 aromatic rings. The fraction of sp³-hybridized carbons (Fsp3) is 0.812. The van der Waals surface area contributed by atoms with Crippen molar-refractivity contribution in [3.63, 3.8) is 0 Å². The Morgan fingerprint density at radius 3 is 2.86 bits per heavy atom. The number of hydrogen-bond donors (Lipinski definition) is 1. The molecule has 1 aromatic heterocycles. The molecule has 0 aliphatic heterocycles. The van der Waals surface area contributed by atoms with Crippen molar-refractivity contribution in [1.82, 2.24) is 10.3 Å². The number of hydrogen-bond acceptors (Lipinski definition) is 5. The minimum atomic E-state index is -0.0414. The highest BCUT2D eigenvalue weighted by Gasteiger charge is 2.40. The minimum Gasteiger partial charge on any atom is -0.383 e. The average molecular weight is 312 g/mol. The molecular formula is C16H28N2O2S. The summed E-state index contributed by atoms with van der Waals surface area (Å²) in [4.78, 5) is 6.28. The van der Waals surface area contributed by atoms with Crippen LogP contribution in [0.4, 0.5) is 0 Å². The summed E-state index contributed by atoms with van der Waals surface area (Å²) in [6.07, 6.45) is 5.79. The molecule has 0 amide bonds. The average Bonchev–Trinajstić information content (AvgIpc) is 2.89. The first kappa shape index (κ1) is 16.9. The van der Waals surface area contributed by atoms with Gasteiger partial charge in [-0.25, -0.2) is 4.98 Å². The maximum absolute atomic E-state index is 5.64. The Labute approximate surface area is 132 Å². The number of nitrogens with one attached hydrogen (secondary N) is 1. The molecule has 2 unspecified atom stereocenters. The molecule has 4 nitrogen and oxygen atoms in total. The number of rotatable bonds is 7. The summed E-state index contributed by atoms with van der Waals surface area (Å²) in [5, 5.41) is 4.96. The third kappa shape index (κ3) is 3.83. The van der Waals surface area contributed by atoms with E-state index in [1.807, 2.05) is 18.4 Å². The Balaban J connectivity index is 2.25. The Morgan fingerprint density at radius 1 is 1.43 bits per heavy atom. The van der Waals surface area contributed by atoms with E-state index in [1.54, 1.807) is 7.11 Å². The van der Waals surface area contributed by atoms with Gasteiger partial charge < -0.3 is 14.8 Å². The van der Waals surface area contributed by atoms with Gasteiger partial charge in [-0.3, -0.25) is 0 Å². The second kappa shape index (κ2) is 7.68. The van der Waals surface area contributed by atoms with Gasteiger partial charge in [-0.1, -0.05) is 6.92 Å². The van der Waals surface area contributed by atoms with Gasteiger partial charge >= 0.3 is 0 Å². The highest BCUT2D eigenvalue weighted by atomic mass is 32.1. The molecule has 1 saturated carbocycles. The molecule has 1 fully saturated rings. The van der Waals surface area contributed by atoms with Crippen LogP contribution in [-0.2, 0) is 21.4 Å². The van der Waals surface area contributed by atoms with E-state index in [0.717, 1.165) is 38.8 Å². The molecule has 0 saturated heterocycles. The van der Waals surface area contributed by atoms with Crippen molar-refractivity contribution in [3.8, 4) is 0 Å². The molecule has 21 heavy (non-hydrogen) atoms.